The van der Waals surface area contributed by atoms with Gasteiger partial charge in [0.2, 0.25) is 0 Å². The molecule has 0 aliphatic carbocycles. The summed E-state index contributed by atoms with van der Waals surface area (Å²) in [5.41, 5.74) is 3.08. The first kappa shape index (κ1) is 19.9. The largest absolute Gasteiger partial charge is 0.481 e. The van der Waals surface area contributed by atoms with Crippen molar-refractivity contribution >= 4 is 28.6 Å². The van der Waals surface area contributed by atoms with Gasteiger partial charge >= 0.3 is 0 Å². The SMILES string of the molecule is CC(Oc1ccccc1)C(=O)Nc1ccc(-c2ccc3nnc(-c4cccs4)n3n2)cc1. The number of amides is 1. The molecule has 0 saturated heterocycles. The number of carbonyl (C=O) groups is 1. The van der Waals surface area contributed by atoms with Crippen molar-refractivity contribution in [2.45, 2.75) is 13.0 Å². The first-order valence-corrected chi connectivity index (χ1v) is 10.9. The predicted octanol–water partition coefficient (Wildman–Crippen LogP) is 4.93. The fourth-order valence-electron chi connectivity index (χ4n) is 3.23. The van der Waals surface area contributed by atoms with Gasteiger partial charge in [0.05, 0.1) is 10.6 Å². The van der Waals surface area contributed by atoms with E-state index in [1.54, 1.807) is 22.8 Å². The van der Waals surface area contributed by atoms with Crippen LogP contribution in [0, 0.1) is 0 Å². The number of hydrogen-bond acceptors (Lipinski definition) is 6. The third-order valence-electron chi connectivity index (χ3n) is 4.88. The van der Waals surface area contributed by atoms with Crippen molar-refractivity contribution in [3.8, 4) is 27.7 Å². The summed E-state index contributed by atoms with van der Waals surface area (Å²) in [7, 11) is 0. The van der Waals surface area contributed by atoms with Crippen molar-refractivity contribution in [3.05, 3.63) is 84.2 Å². The van der Waals surface area contributed by atoms with Crippen LogP contribution in [-0.4, -0.2) is 31.8 Å². The summed E-state index contributed by atoms with van der Waals surface area (Å²) in [4.78, 5) is 13.5. The maximum absolute atomic E-state index is 12.5. The Morgan fingerprint density at radius 3 is 2.53 bits per heavy atom. The zero-order chi connectivity index (χ0) is 21.9. The standard InChI is InChI=1S/C24H19N5O2S/c1-16(31-19-6-3-2-4-7-19)24(30)25-18-11-9-17(10-12-18)20-13-14-22-26-27-23(29(22)28-20)21-8-5-15-32-21/h2-16H,1H3,(H,25,30). The van der Waals surface area contributed by atoms with Gasteiger partial charge in [0.15, 0.2) is 17.6 Å². The van der Waals surface area contributed by atoms with Crippen LogP contribution in [0.2, 0.25) is 0 Å². The van der Waals surface area contributed by atoms with Crippen molar-refractivity contribution < 1.29 is 9.53 Å². The highest BCUT2D eigenvalue weighted by atomic mass is 32.1. The topological polar surface area (TPSA) is 81.4 Å². The van der Waals surface area contributed by atoms with Gasteiger partial charge in [-0.3, -0.25) is 4.79 Å². The molecule has 7 nitrogen and oxygen atoms in total. The minimum atomic E-state index is -0.620. The van der Waals surface area contributed by atoms with Crippen molar-refractivity contribution in [1.82, 2.24) is 19.8 Å². The molecule has 0 spiro atoms. The number of thiophene rings is 1. The summed E-state index contributed by atoms with van der Waals surface area (Å²) < 4.78 is 7.43. The molecule has 0 fully saturated rings. The average molecular weight is 442 g/mol. The molecule has 0 saturated carbocycles. The lowest BCUT2D eigenvalue weighted by atomic mass is 10.1. The molecule has 1 atom stereocenters. The number of rotatable bonds is 6. The molecule has 3 heterocycles. The highest BCUT2D eigenvalue weighted by Crippen LogP contribution is 2.25. The lowest BCUT2D eigenvalue weighted by Gasteiger charge is -2.14. The molecule has 5 aromatic rings. The van der Waals surface area contributed by atoms with Gasteiger partial charge in [-0.2, -0.15) is 9.61 Å². The molecule has 5 rings (SSSR count). The maximum Gasteiger partial charge on any atom is 0.265 e. The van der Waals surface area contributed by atoms with E-state index in [1.165, 1.54) is 0 Å². The Morgan fingerprint density at radius 2 is 1.78 bits per heavy atom. The molecule has 0 aliphatic rings. The molecular weight excluding hydrogens is 422 g/mol. The highest BCUT2D eigenvalue weighted by molar-refractivity contribution is 7.13. The summed E-state index contributed by atoms with van der Waals surface area (Å²) in [6.45, 7) is 1.72. The van der Waals surface area contributed by atoms with Gasteiger partial charge in [0.25, 0.3) is 5.91 Å². The highest BCUT2D eigenvalue weighted by Gasteiger charge is 2.15. The van der Waals surface area contributed by atoms with E-state index >= 15 is 0 Å². The summed E-state index contributed by atoms with van der Waals surface area (Å²) in [6, 6.07) is 24.6. The number of nitrogens with one attached hydrogen (secondary N) is 1. The smallest absolute Gasteiger partial charge is 0.265 e. The maximum atomic E-state index is 12.5. The monoisotopic (exact) mass is 441 g/mol. The Morgan fingerprint density at radius 1 is 0.969 bits per heavy atom. The van der Waals surface area contributed by atoms with Crippen LogP contribution in [0.25, 0.3) is 27.6 Å². The van der Waals surface area contributed by atoms with Crippen LogP contribution < -0.4 is 10.1 Å². The Balaban J connectivity index is 1.32. The summed E-state index contributed by atoms with van der Waals surface area (Å²) in [5.74, 6) is 1.15. The predicted molar refractivity (Wildman–Crippen MR) is 125 cm³/mol. The zero-order valence-corrected chi connectivity index (χ0v) is 18.0. The second-order valence-electron chi connectivity index (χ2n) is 7.13. The van der Waals surface area contributed by atoms with Crippen LogP contribution in [0.3, 0.4) is 0 Å². The number of aromatic nitrogens is 4. The lowest BCUT2D eigenvalue weighted by molar-refractivity contribution is -0.122. The lowest BCUT2D eigenvalue weighted by Crippen LogP contribution is -2.30. The minimum absolute atomic E-state index is 0.216. The van der Waals surface area contributed by atoms with Crippen LogP contribution in [0.15, 0.2) is 84.2 Å². The summed E-state index contributed by atoms with van der Waals surface area (Å²) in [5, 5.41) is 18.1. The van der Waals surface area contributed by atoms with E-state index in [2.05, 4.69) is 15.5 Å². The number of hydrogen-bond donors (Lipinski definition) is 1. The third-order valence-corrected chi connectivity index (χ3v) is 5.74. The molecule has 3 aromatic heterocycles. The summed E-state index contributed by atoms with van der Waals surface area (Å²) >= 11 is 1.59. The van der Waals surface area contributed by atoms with Crippen molar-refractivity contribution in [2.24, 2.45) is 0 Å². The molecule has 1 amide bonds. The molecule has 8 heteroatoms. The molecule has 2 aromatic carbocycles. The van der Waals surface area contributed by atoms with E-state index in [4.69, 9.17) is 9.84 Å². The quantitative estimate of drug-likeness (QED) is 0.404. The van der Waals surface area contributed by atoms with Gasteiger partial charge < -0.3 is 10.1 Å². The first-order valence-electron chi connectivity index (χ1n) is 10.1. The molecular formula is C24H19N5O2S. The van der Waals surface area contributed by atoms with Gasteiger partial charge in [0, 0.05) is 11.3 Å². The molecule has 158 valence electrons. The zero-order valence-electron chi connectivity index (χ0n) is 17.2. The van der Waals surface area contributed by atoms with Crippen molar-refractivity contribution in [2.75, 3.05) is 5.32 Å². The normalized spacial score (nSPS) is 11.9. The third kappa shape index (κ3) is 4.08. The second-order valence-corrected chi connectivity index (χ2v) is 8.08. The fraction of sp³-hybridized carbons (Fsp3) is 0.0833. The van der Waals surface area contributed by atoms with Crippen LogP contribution >= 0.6 is 11.3 Å². The Kier molecular flexibility index (Phi) is 5.35. The number of fused-ring (bicyclic) bond motifs is 1. The van der Waals surface area contributed by atoms with Crippen molar-refractivity contribution in [3.63, 3.8) is 0 Å². The van der Waals surface area contributed by atoms with Gasteiger partial charge in [0.1, 0.15) is 5.75 Å². The number of ether oxygens (including phenoxy) is 1. The van der Waals surface area contributed by atoms with E-state index in [-0.39, 0.29) is 5.91 Å². The molecule has 1 unspecified atom stereocenters. The average Bonchev–Trinajstić information content (AvgIpc) is 3.49. The Bertz CT molecular complexity index is 1350. The van der Waals surface area contributed by atoms with Gasteiger partial charge in [-0.1, -0.05) is 36.4 Å². The summed E-state index contributed by atoms with van der Waals surface area (Å²) in [6.07, 6.45) is -0.620. The van der Waals surface area contributed by atoms with E-state index in [0.717, 1.165) is 16.1 Å². The van der Waals surface area contributed by atoms with Gasteiger partial charge in [-0.15, -0.1) is 21.5 Å². The fourth-order valence-corrected chi connectivity index (χ4v) is 3.92. The molecule has 0 radical (unpaired) electrons. The van der Waals surface area contributed by atoms with Crippen LogP contribution in [0.5, 0.6) is 5.75 Å². The number of anilines is 1. The van der Waals surface area contributed by atoms with Crippen LogP contribution in [0.4, 0.5) is 5.69 Å². The minimum Gasteiger partial charge on any atom is -0.481 e. The Hall–Kier alpha value is -4.04. The number of para-hydroxylation sites is 1. The number of benzene rings is 2. The van der Waals surface area contributed by atoms with E-state index in [0.29, 0.717) is 22.9 Å². The van der Waals surface area contributed by atoms with Gasteiger partial charge in [-0.05, 0) is 54.8 Å². The number of nitrogens with zero attached hydrogens (tertiary/aromatic N) is 4. The number of carbonyl (C=O) groups excluding carboxylic acids is 1. The Labute approximate surface area is 188 Å². The van der Waals surface area contributed by atoms with Gasteiger partial charge in [-0.25, -0.2) is 0 Å². The van der Waals surface area contributed by atoms with E-state index in [9.17, 15) is 4.79 Å². The first-order chi connectivity index (χ1) is 15.7. The molecule has 0 aliphatic heterocycles. The van der Waals surface area contributed by atoms with Crippen molar-refractivity contribution in [1.29, 1.82) is 0 Å². The van der Waals surface area contributed by atoms with Crippen LogP contribution in [-0.2, 0) is 4.79 Å². The van der Waals surface area contributed by atoms with E-state index in [1.807, 2.05) is 84.2 Å². The molecule has 32 heavy (non-hydrogen) atoms. The van der Waals surface area contributed by atoms with E-state index < -0.39 is 6.10 Å². The van der Waals surface area contributed by atoms with Crippen LogP contribution in [0.1, 0.15) is 6.92 Å². The second kappa shape index (κ2) is 8.60. The molecule has 0 bridgehead atoms. The molecule has 1 N–H and O–H groups in total.